The number of aldehydes is 1. The monoisotopic (exact) mass is 287 g/mol. The third kappa shape index (κ3) is 3.71. The van der Waals surface area contributed by atoms with Crippen LogP contribution in [0.1, 0.15) is 33.2 Å². The molecule has 1 aromatic carbocycles. The first-order valence-corrected chi connectivity index (χ1v) is 5.28. The number of alkyl halides is 3. The molecule has 0 bridgehead atoms. The molecule has 106 valence electrons. The highest BCUT2D eigenvalue weighted by molar-refractivity contribution is 5.99. The number of halogens is 3. The van der Waals surface area contributed by atoms with Crippen molar-refractivity contribution in [3.63, 3.8) is 0 Å². The molecular formula is C12H8F3NO4. The van der Waals surface area contributed by atoms with E-state index in [1.807, 2.05) is 0 Å². The van der Waals surface area contributed by atoms with Crippen LogP contribution in [-0.2, 0) is 4.74 Å². The van der Waals surface area contributed by atoms with Gasteiger partial charge in [-0.15, -0.1) is 13.2 Å². The molecule has 0 spiro atoms. The van der Waals surface area contributed by atoms with Crippen molar-refractivity contribution in [1.29, 1.82) is 5.26 Å². The van der Waals surface area contributed by atoms with Gasteiger partial charge in [0.2, 0.25) is 0 Å². The van der Waals surface area contributed by atoms with Gasteiger partial charge in [0.1, 0.15) is 11.8 Å². The van der Waals surface area contributed by atoms with Crippen LogP contribution >= 0.6 is 0 Å². The number of rotatable bonds is 4. The Balaban J connectivity index is 3.38. The fourth-order valence-corrected chi connectivity index (χ4v) is 1.38. The number of ether oxygens (including phenoxy) is 2. The number of carbonyl (C=O) groups excluding carboxylic acids is 2. The summed E-state index contributed by atoms with van der Waals surface area (Å²) in [6, 6.07) is 2.95. The summed E-state index contributed by atoms with van der Waals surface area (Å²) < 4.78 is 44.9. The van der Waals surface area contributed by atoms with Crippen LogP contribution in [-0.4, -0.2) is 25.2 Å². The van der Waals surface area contributed by atoms with Crippen molar-refractivity contribution in [1.82, 2.24) is 0 Å². The predicted octanol–water partition coefficient (Wildman–Crippen LogP) is 2.45. The largest absolute Gasteiger partial charge is 0.573 e. The zero-order valence-electron chi connectivity index (χ0n) is 10.2. The topological polar surface area (TPSA) is 76.4 Å². The third-order valence-corrected chi connectivity index (χ3v) is 2.12. The average Bonchev–Trinajstić information content (AvgIpc) is 2.36. The number of hydrogen-bond donors (Lipinski definition) is 0. The van der Waals surface area contributed by atoms with E-state index in [2.05, 4.69) is 9.47 Å². The molecule has 1 rings (SSSR count). The number of nitriles is 1. The molecule has 0 heterocycles. The predicted molar refractivity (Wildman–Crippen MR) is 59.2 cm³/mol. The minimum absolute atomic E-state index is 0.0212. The first-order chi connectivity index (χ1) is 9.32. The normalized spacial score (nSPS) is 10.6. The minimum atomic E-state index is -5.03. The van der Waals surface area contributed by atoms with Crippen LogP contribution in [0.15, 0.2) is 12.1 Å². The molecule has 0 atom stereocenters. The van der Waals surface area contributed by atoms with Gasteiger partial charge in [0, 0.05) is 5.56 Å². The second kappa shape index (κ2) is 6.06. The molecule has 0 aliphatic carbocycles. The summed E-state index contributed by atoms with van der Waals surface area (Å²) in [4.78, 5) is 22.4. The van der Waals surface area contributed by atoms with Gasteiger partial charge in [-0.3, -0.25) is 4.79 Å². The lowest BCUT2D eigenvalue weighted by Crippen LogP contribution is -2.19. The van der Waals surface area contributed by atoms with Gasteiger partial charge < -0.3 is 9.47 Å². The third-order valence-electron chi connectivity index (χ3n) is 2.12. The van der Waals surface area contributed by atoms with Gasteiger partial charge in [-0.05, 0) is 19.1 Å². The van der Waals surface area contributed by atoms with Crippen LogP contribution < -0.4 is 4.74 Å². The highest BCUT2D eigenvalue weighted by Gasteiger charge is 2.33. The van der Waals surface area contributed by atoms with Gasteiger partial charge >= 0.3 is 12.3 Å². The van der Waals surface area contributed by atoms with E-state index in [4.69, 9.17) is 5.26 Å². The van der Waals surface area contributed by atoms with Crippen LogP contribution in [0.4, 0.5) is 13.2 Å². The van der Waals surface area contributed by atoms with Gasteiger partial charge in [0.25, 0.3) is 0 Å². The Morgan fingerprint density at radius 3 is 2.55 bits per heavy atom. The molecule has 0 aliphatic rings. The Morgan fingerprint density at radius 2 is 2.10 bits per heavy atom. The van der Waals surface area contributed by atoms with Crippen molar-refractivity contribution in [3.05, 3.63) is 28.8 Å². The van der Waals surface area contributed by atoms with E-state index < -0.39 is 29.2 Å². The highest BCUT2D eigenvalue weighted by Crippen LogP contribution is 2.29. The number of carbonyl (C=O) groups is 2. The molecule has 0 aromatic heterocycles. The Hall–Kier alpha value is -2.56. The molecule has 1 aromatic rings. The zero-order chi connectivity index (χ0) is 15.3. The fraction of sp³-hybridized carbons (Fsp3) is 0.250. The molecule has 0 aliphatic heterocycles. The van der Waals surface area contributed by atoms with E-state index in [0.717, 1.165) is 6.07 Å². The maximum Gasteiger partial charge on any atom is 0.573 e. The van der Waals surface area contributed by atoms with Crippen molar-refractivity contribution < 1.29 is 32.2 Å². The second-order valence-electron chi connectivity index (χ2n) is 3.43. The van der Waals surface area contributed by atoms with E-state index in [0.29, 0.717) is 6.07 Å². The molecule has 0 saturated heterocycles. The fourth-order valence-electron chi connectivity index (χ4n) is 1.38. The van der Waals surface area contributed by atoms with Crippen LogP contribution in [0, 0.1) is 11.3 Å². The van der Waals surface area contributed by atoms with Gasteiger partial charge in [0.05, 0.1) is 17.7 Å². The van der Waals surface area contributed by atoms with E-state index in [1.165, 1.54) is 13.0 Å². The first kappa shape index (κ1) is 15.5. The summed E-state index contributed by atoms with van der Waals surface area (Å²) in [5, 5.41) is 8.74. The van der Waals surface area contributed by atoms with Crippen molar-refractivity contribution in [2.75, 3.05) is 6.61 Å². The first-order valence-electron chi connectivity index (χ1n) is 5.28. The zero-order valence-corrected chi connectivity index (χ0v) is 10.2. The van der Waals surface area contributed by atoms with E-state index >= 15 is 0 Å². The minimum Gasteiger partial charge on any atom is -0.462 e. The molecule has 0 N–H and O–H groups in total. The Morgan fingerprint density at radius 1 is 1.45 bits per heavy atom. The molecule has 0 radical (unpaired) electrons. The summed E-state index contributed by atoms with van der Waals surface area (Å²) in [6.45, 7) is 1.47. The maximum absolute atomic E-state index is 12.2. The lowest BCUT2D eigenvalue weighted by Gasteiger charge is -2.12. The van der Waals surface area contributed by atoms with Crippen LogP contribution in [0.5, 0.6) is 5.75 Å². The van der Waals surface area contributed by atoms with Crippen molar-refractivity contribution >= 4 is 12.3 Å². The smallest absolute Gasteiger partial charge is 0.462 e. The Kier molecular flexibility index (Phi) is 4.69. The molecule has 8 heteroatoms. The molecular weight excluding hydrogens is 279 g/mol. The number of benzene rings is 1. The molecule has 0 fully saturated rings. The number of esters is 1. The van der Waals surface area contributed by atoms with Crippen molar-refractivity contribution in [3.8, 4) is 11.8 Å². The van der Waals surface area contributed by atoms with Crippen LogP contribution in [0.3, 0.4) is 0 Å². The average molecular weight is 287 g/mol. The van der Waals surface area contributed by atoms with Crippen molar-refractivity contribution in [2.45, 2.75) is 13.3 Å². The summed E-state index contributed by atoms with van der Waals surface area (Å²) >= 11 is 0. The Bertz CT molecular complexity index is 575. The van der Waals surface area contributed by atoms with Crippen LogP contribution in [0.2, 0.25) is 0 Å². The molecule has 20 heavy (non-hydrogen) atoms. The quantitative estimate of drug-likeness (QED) is 0.628. The standard InChI is InChI=1S/C12H8F3NO4/c1-2-19-11(18)9-4-10(20-12(13,14)15)7(5-16)3-8(9)6-17/h3-4,6H,2H2,1H3. The van der Waals surface area contributed by atoms with E-state index in [1.54, 1.807) is 0 Å². The lowest BCUT2D eigenvalue weighted by atomic mass is 10.0. The summed E-state index contributed by atoms with van der Waals surface area (Å²) in [6.07, 6.45) is -4.79. The highest BCUT2D eigenvalue weighted by atomic mass is 19.4. The summed E-state index contributed by atoms with van der Waals surface area (Å²) in [7, 11) is 0. The molecule has 0 saturated carbocycles. The lowest BCUT2D eigenvalue weighted by molar-refractivity contribution is -0.274. The van der Waals surface area contributed by atoms with Gasteiger partial charge in [-0.25, -0.2) is 4.79 Å². The van der Waals surface area contributed by atoms with E-state index in [-0.39, 0.29) is 18.5 Å². The molecule has 5 nitrogen and oxygen atoms in total. The molecule has 0 unspecified atom stereocenters. The number of nitrogens with zero attached hydrogens (tertiary/aromatic N) is 1. The van der Waals surface area contributed by atoms with Gasteiger partial charge in [0.15, 0.2) is 6.29 Å². The number of hydrogen-bond acceptors (Lipinski definition) is 5. The van der Waals surface area contributed by atoms with Crippen LogP contribution in [0.25, 0.3) is 0 Å². The summed E-state index contributed by atoms with van der Waals surface area (Å²) in [5.74, 6) is -1.85. The van der Waals surface area contributed by atoms with E-state index in [9.17, 15) is 22.8 Å². The van der Waals surface area contributed by atoms with Gasteiger partial charge in [-0.2, -0.15) is 5.26 Å². The summed E-state index contributed by atoms with van der Waals surface area (Å²) in [5.41, 5.74) is -1.17. The SMILES string of the molecule is CCOC(=O)c1cc(OC(F)(F)F)c(C#N)cc1C=O. The van der Waals surface area contributed by atoms with Gasteiger partial charge in [-0.1, -0.05) is 0 Å². The Labute approximate surface area is 111 Å². The molecule has 0 amide bonds. The second-order valence-corrected chi connectivity index (χ2v) is 3.43. The maximum atomic E-state index is 12.2. The van der Waals surface area contributed by atoms with Crippen molar-refractivity contribution in [2.24, 2.45) is 0 Å².